The molecular weight excluding hydrogens is 506 g/mol. The van der Waals surface area contributed by atoms with E-state index in [-0.39, 0.29) is 17.8 Å². The van der Waals surface area contributed by atoms with E-state index in [0.717, 1.165) is 59.0 Å². The van der Waals surface area contributed by atoms with Gasteiger partial charge < -0.3 is 10.4 Å². The van der Waals surface area contributed by atoms with Crippen LogP contribution < -0.4 is 5.32 Å². The molecule has 0 aliphatic heterocycles. The molecule has 6 rings (SSSR count). The van der Waals surface area contributed by atoms with Crippen LogP contribution in [0.25, 0.3) is 10.9 Å². The fraction of sp³-hybridized carbons (Fsp3) is 0.222. The van der Waals surface area contributed by atoms with Crippen molar-refractivity contribution < 1.29 is 9.90 Å². The van der Waals surface area contributed by atoms with Gasteiger partial charge in [-0.2, -0.15) is 0 Å². The van der Waals surface area contributed by atoms with Crippen LogP contribution in [0.15, 0.2) is 114 Å². The first kappa shape index (κ1) is 26.6. The number of benzene rings is 4. The Kier molecular flexibility index (Phi) is 7.68. The second-order valence-electron chi connectivity index (χ2n) is 10.9. The Labute approximate surface area is 241 Å². The molecule has 1 aromatic heterocycles. The Balaban J connectivity index is 1.57. The minimum atomic E-state index is -0.745. The number of carbonyl (C=O) groups is 1. The molecule has 1 aliphatic carbocycles. The molecule has 1 unspecified atom stereocenters. The lowest BCUT2D eigenvalue weighted by Crippen LogP contribution is -2.41. The van der Waals surface area contributed by atoms with E-state index in [1.54, 1.807) is 4.57 Å². The first-order valence-corrected chi connectivity index (χ1v) is 14.5. The summed E-state index contributed by atoms with van der Waals surface area (Å²) in [5.41, 5.74) is 5.65. The van der Waals surface area contributed by atoms with Gasteiger partial charge in [-0.1, -0.05) is 116 Å². The molecule has 206 valence electrons. The van der Waals surface area contributed by atoms with Crippen LogP contribution in [0.4, 0.5) is 5.69 Å². The first-order chi connectivity index (χ1) is 20.1. The van der Waals surface area contributed by atoms with Gasteiger partial charge >= 0.3 is 0 Å². The number of aromatic nitrogens is 1. The van der Waals surface area contributed by atoms with Crippen molar-refractivity contribution in [2.45, 2.75) is 51.1 Å². The molecule has 4 aromatic carbocycles. The van der Waals surface area contributed by atoms with Crippen LogP contribution in [0.1, 0.15) is 60.4 Å². The van der Waals surface area contributed by atoms with Crippen LogP contribution in [-0.2, 0) is 4.79 Å². The summed E-state index contributed by atoms with van der Waals surface area (Å²) < 4.78 is 1.79. The highest BCUT2D eigenvalue weighted by molar-refractivity contribution is 6.22. The minimum absolute atomic E-state index is 0.0223. The SMILES string of the molecule is Cc1ccc(C(C(=O)NC2CCCCC2)n2c(O)c(C(=Nc3ccccc3)c3ccccc3)c3ccccc32)cc1. The number of carbonyl (C=O) groups excluding carboxylic acids is 1. The van der Waals surface area contributed by atoms with E-state index >= 15 is 0 Å². The van der Waals surface area contributed by atoms with Crippen molar-refractivity contribution in [3.63, 3.8) is 0 Å². The van der Waals surface area contributed by atoms with Crippen molar-refractivity contribution >= 4 is 28.2 Å². The van der Waals surface area contributed by atoms with Crippen LogP contribution in [0.3, 0.4) is 0 Å². The summed E-state index contributed by atoms with van der Waals surface area (Å²) in [5.74, 6) is -0.0845. The zero-order chi connectivity index (χ0) is 28.2. The Morgan fingerprint density at radius 3 is 2.17 bits per heavy atom. The number of rotatable bonds is 7. The van der Waals surface area contributed by atoms with Crippen molar-refractivity contribution in [1.29, 1.82) is 0 Å². The summed E-state index contributed by atoms with van der Waals surface area (Å²) in [4.78, 5) is 19.2. The Bertz CT molecular complexity index is 1670. The number of nitrogens with zero attached hydrogens (tertiary/aromatic N) is 2. The third-order valence-electron chi connectivity index (χ3n) is 8.02. The lowest BCUT2D eigenvalue weighted by atomic mass is 9.94. The van der Waals surface area contributed by atoms with Gasteiger partial charge in [-0.3, -0.25) is 9.36 Å². The maximum atomic E-state index is 14.2. The van der Waals surface area contributed by atoms with Gasteiger partial charge in [0, 0.05) is 17.0 Å². The predicted octanol–water partition coefficient (Wildman–Crippen LogP) is 7.86. The summed E-state index contributed by atoms with van der Waals surface area (Å²) in [5, 5.41) is 16.3. The molecule has 0 radical (unpaired) electrons. The lowest BCUT2D eigenvalue weighted by molar-refractivity contribution is -0.124. The van der Waals surface area contributed by atoms with Crippen molar-refractivity contribution in [1.82, 2.24) is 9.88 Å². The number of para-hydroxylation sites is 2. The molecule has 41 heavy (non-hydrogen) atoms. The van der Waals surface area contributed by atoms with Crippen LogP contribution >= 0.6 is 0 Å². The molecular formula is C36H35N3O2. The number of hydrogen-bond acceptors (Lipinski definition) is 3. The maximum Gasteiger partial charge on any atom is 0.248 e. The minimum Gasteiger partial charge on any atom is -0.494 e. The van der Waals surface area contributed by atoms with Crippen molar-refractivity contribution in [3.8, 4) is 5.88 Å². The lowest BCUT2D eigenvalue weighted by Gasteiger charge is -2.27. The third-order valence-corrected chi connectivity index (χ3v) is 8.02. The van der Waals surface area contributed by atoms with Gasteiger partial charge in [0.15, 0.2) is 0 Å². The topological polar surface area (TPSA) is 66.6 Å². The third kappa shape index (κ3) is 5.53. The summed E-state index contributed by atoms with van der Waals surface area (Å²) >= 11 is 0. The van der Waals surface area contributed by atoms with E-state index in [2.05, 4.69) is 5.32 Å². The molecule has 5 nitrogen and oxygen atoms in total. The van der Waals surface area contributed by atoms with E-state index < -0.39 is 6.04 Å². The zero-order valence-corrected chi connectivity index (χ0v) is 23.3. The molecule has 0 spiro atoms. The molecule has 1 heterocycles. The molecule has 1 saturated carbocycles. The quantitative estimate of drug-likeness (QED) is 0.206. The van der Waals surface area contributed by atoms with Crippen molar-refractivity contribution in [2.75, 3.05) is 0 Å². The number of aryl methyl sites for hydroxylation is 1. The van der Waals surface area contributed by atoms with E-state index in [0.29, 0.717) is 11.3 Å². The second kappa shape index (κ2) is 11.8. The highest BCUT2D eigenvalue weighted by Gasteiger charge is 2.32. The molecule has 5 heteroatoms. The van der Waals surface area contributed by atoms with Crippen LogP contribution in [0.2, 0.25) is 0 Å². The highest BCUT2D eigenvalue weighted by Crippen LogP contribution is 2.39. The van der Waals surface area contributed by atoms with Gasteiger partial charge in [0.2, 0.25) is 11.8 Å². The maximum absolute atomic E-state index is 14.2. The Hall–Kier alpha value is -4.64. The molecule has 0 saturated heterocycles. The van der Waals surface area contributed by atoms with E-state index in [9.17, 15) is 9.90 Å². The second-order valence-corrected chi connectivity index (χ2v) is 10.9. The summed E-state index contributed by atoms with van der Waals surface area (Å²) in [6.07, 6.45) is 5.43. The van der Waals surface area contributed by atoms with Gasteiger partial charge in [0.25, 0.3) is 0 Å². The van der Waals surface area contributed by atoms with Gasteiger partial charge in [-0.15, -0.1) is 0 Å². The molecule has 1 amide bonds. The van der Waals surface area contributed by atoms with E-state index in [1.807, 2.05) is 116 Å². The average molecular weight is 542 g/mol. The van der Waals surface area contributed by atoms with E-state index in [4.69, 9.17) is 4.99 Å². The molecule has 2 N–H and O–H groups in total. The highest BCUT2D eigenvalue weighted by atomic mass is 16.3. The smallest absolute Gasteiger partial charge is 0.248 e. The standard InChI is InChI=1S/C36H35N3O2/c1-25-21-23-27(24-22-25)34(35(40)38-29-17-9-4-10-18-29)39-31-20-12-11-19-30(31)32(36(39)41)33(26-13-5-2-6-14-26)37-28-15-7-3-8-16-28/h2-3,5-8,11-16,19-24,29,34,41H,4,9-10,17-18H2,1H3,(H,38,40). The number of nitrogens with one attached hydrogen (secondary N) is 1. The Morgan fingerprint density at radius 2 is 1.46 bits per heavy atom. The molecule has 1 aliphatic rings. The fourth-order valence-corrected chi connectivity index (χ4v) is 5.93. The van der Waals surface area contributed by atoms with Gasteiger partial charge in [-0.05, 0) is 43.5 Å². The van der Waals surface area contributed by atoms with Gasteiger partial charge in [0.05, 0.1) is 22.5 Å². The molecule has 1 atom stereocenters. The van der Waals surface area contributed by atoms with Gasteiger partial charge in [-0.25, -0.2) is 4.99 Å². The number of hydrogen-bond donors (Lipinski definition) is 2. The summed E-state index contributed by atoms with van der Waals surface area (Å²) in [7, 11) is 0. The van der Waals surface area contributed by atoms with Crippen molar-refractivity contribution in [3.05, 3.63) is 131 Å². The Morgan fingerprint density at radius 1 is 0.829 bits per heavy atom. The number of amides is 1. The number of fused-ring (bicyclic) bond motifs is 1. The van der Waals surface area contributed by atoms with Crippen LogP contribution in [0.5, 0.6) is 5.88 Å². The monoisotopic (exact) mass is 541 g/mol. The molecule has 1 fully saturated rings. The molecule has 5 aromatic rings. The zero-order valence-electron chi connectivity index (χ0n) is 23.3. The summed E-state index contributed by atoms with van der Waals surface area (Å²) in [6.45, 7) is 2.04. The predicted molar refractivity (Wildman–Crippen MR) is 166 cm³/mol. The number of aromatic hydroxyl groups is 1. The number of aliphatic imine (C=N–C) groups is 1. The van der Waals surface area contributed by atoms with Gasteiger partial charge in [0.1, 0.15) is 6.04 Å². The normalized spacial score (nSPS) is 15.1. The molecule has 0 bridgehead atoms. The average Bonchev–Trinajstić information content (AvgIpc) is 3.30. The van der Waals surface area contributed by atoms with Crippen molar-refractivity contribution in [2.24, 2.45) is 4.99 Å². The fourth-order valence-electron chi connectivity index (χ4n) is 5.93. The van der Waals surface area contributed by atoms with Crippen LogP contribution in [0, 0.1) is 6.92 Å². The van der Waals surface area contributed by atoms with E-state index in [1.165, 1.54) is 6.42 Å². The van der Waals surface area contributed by atoms with Crippen LogP contribution in [-0.4, -0.2) is 27.3 Å². The first-order valence-electron chi connectivity index (χ1n) is 14.5. The largest absolute Gasteiger partial charge is 0.494 e. The summed E-state index contributed by atoms with van der Waals surface area (Å²) in [6, 6.07) is 35.0.